The summed E-state index contributed by atoms with van der Waals surface area (Å²) >= 11 is 0. The van der Waals surface area contributed by atoms with Crippen LogP contribution < -0.4 is 9.80 Å². The molecule has 0 atom stereocenters. The molecule has 1 aliphatic carbocycles. The van der Waals surface area contributed by atoms with E-state index in [4.69, 9.17) is 0 Å². The number of ketones is 1. The van der Waals surface area contributed by atoms with Gasteiger partial charge in [-0.2, -0.15) is 0 Å². The molecule has 0 aromatic heterocycles. The average Bonchev–Trinajstić information content (AvgIpc) is 2.41. The van der Waals surface area contributed by atoms with Crippen molar-refractivity contribution in [2.75, 3.05) is 29.9 Å². The number of likely N-dealkylation sites (N-methyl/N-ethyl adjacent to an activating group) is 1. The fourth-order valence-electron chi connectivity index (χ4n) is 3.14. The van der Waals surface area contributed by atoms with Crippen LogP contribution in [0.1, 0.15) is 25.7 Å². The number of hydrogen-bond acceptors (Lipinski definition) is 3. The van der Waals surface area contributed by atoms with Crippen molar-refractivity contribution in [3.8, 4) is 0 Å². The van der Waals surface area contributed by atoms with Crippen molar-refractivity contribution < 1.29 is 4.79 Å². The lowest BCUT2D eigenvalue weighted by atomic mass is 9.92. The summed E-state index contributed by atoms with van der Waals surface area (Å²) in [4.78, 5) is 16.2. The molecule has 3 heteroatoms. The number of anilines is 2. The van der Waals surface area contributed by atoms with Gasteiger partial charge in [-0.1, -0.05) is 12.1 Å². The normalized spacial score (nSPS) is 21.1. The van der Waals surface area contributed by atoms with E-state index in [2.05, 4.69) is 41.1 Å². The van der Waals surface area contributed by atoms with Crippen molar-refractivity contribution in [1.82, 2.24) is 0 Å². The third-order valence-corrected chi connectivity index (χ3v) is 4.23. The first kappa shape index (κ1) is 11.6. The Labute approximate surface area is 108 Å². The number of rotatable bonds is 1. The molecule has 0 N–H and O–H groups in total. The molecule has 1 aliphatic heterocycles. The Morgan fingerprint density at radius 2 is 1.72 bits per heavy atom. The summed E-state index contributed by atoms with van der Waals surface area (Å²) in [5.74, 6) is 0.439. The van der Waals surface area contributed by atoms with E-state index in [-0.39, 0.29) is 0 Å². The Kier molecular flexibility index (Phi) is 2.98. The topological polar surface area (TPSA) is 23.6 Å². The van der Waals surface area contributed by atoms with Gasteiger partial charge in [0.25, 0.3) is 0 Å². The van der Waals surface area contributed by atoms with Gasteiger partial charge >= 0.3 is 0 Å². The number of para-hydroxylation sites is 2. The van der Waals surface area contributed by atoms with Crippen LogP contribution in [-0.2, 0) is 4.79 Å². The molecule has 18 heavy (non-hydrogen) atoms. The first-order chi connectivity index (χ1) is 8.75. The third kappa shape index (κ3) is 1.98. The SMILES string of the molecule is CN1CCN(C2CCC(=O)CC2)c2ccccc21. The quantitative estimate of drug-likeness (QED) is 0.758. The Morgan fingerprint density at radius 3 is 2.44 bits per heavy atom. The van der Waals surface area contributed by atoms with Crippen LogP contribution in [0, 0.1) is 0 Å². The van der Waals surface area contributed by atoms with Crippen LogP contribution in [-0.4, -0.2) is 32.0 Å². The summed E-state index contributed by atoms with van der Waals surface area (Å²) in [6.45, 7) is 2.15. The Balaban J connectivity index is 1.86. The van der Waals surface area contributed by atoms with Gasteiger partial charge < -0.3 is 9.80 Å². The maximum Gasteiger partial charge on any atom is 0.133 e. The molecule has 1 aromatic carbocycles. The first-order valence-corrected chi connectivity index (χ1v) is 6.84. The molecule has 0 amide bonds. The largest absolute Gasteiger partial charge is 0.371 e. The standard InChI is InChI=1S/C15H20N2O/c1-16-10-11-17(12-6-8-13(18)9-7-12)15-5-3-2-4-14(15)16/h2-5,12H,6-11H2,1H3. The number of fused-ring (bicyclic) bond motifs is 1. The van der Waals surface area contributed by atoms with Crippen molar-refractivity contribution in [2.45, 2.75) is 31.7 Å². The van der Waals surface area contributed by atoms with Crippen molar-refractivity contribution in [1.29, 1.82) is 0 Å². The molecule has 2 aliphatic rings. The van der Waals surface area contributed by atoms with Crippen molar-refractivity contribution in [2.24, 2.45) is 0 Å². The van der Waals surface area contributed by atoms with E-state index in [1.165, 1.54) is 11.4 Å². The van der Waals surface area contributed by atoms with E-state index in [0.717, 1.165) is 38.8 Å². The number of carbonyl (C=O) groups excluding carboxylic acids is 1. The van der Waals surface area contributed by atoms with Gasteiger partial charge in [-0.3, -0.25) is 4.79 Å². The zero-order valence-corrected chi connectivity index (χ0v) is 10.9. The lowest BCUT2D eigenvalue weighted by Crippen LogP contribution is -2.46. The molecule has 1 saturated carbocycles. The van der Waals surface area contributed by atoms with Crippen LogP contribution in [0.2, 0.25) is 0 Å². The van der Waals surface area contributed by atoms with Crippen molar-refractivity contribution in [3.05, 3.63) is 24.3 Å². The third-order valence-electron chi connectivity index (χ3n) is 4.23. The molecule has 0 saturated heterocycles. The summed E-state index contributed by atoms with van der Waals surface area (Å²) in [5.41, 5.74) is 2.66. The lowest BCUT2D eigenvalue weighted by molar-refractivity contribution is -0.120. The molecule has 3 nitrogen and oxygen atoms in total. The smallest absolute Gasteiger partial charge is 0.133 e. The highest BCUT2D eigenvalue weighted by atomic mass is 16.1. The van der Waals surface area contributed by atoms with Gasteiger partial charge in [-0.05, 0) is 25.0 Å². The molecule has 96 valence electrons. The maximum atomic E-state index is 11.4. The molecule has 1 heterocycles. The summed E-state index contributed by atoms with van der Waals surface area (Å²) in [5, 5.41) is 0. The number of carbonyl (C=O) groups is 1. The molecule has 0 unspecified atom stereocenters. The molecule has 0 radical (unpaired) electrons. The van der Waals surface area contributed by atoms with Gasteiger partial charge in [0.05, 0.1) is 11.4 Å². The van der Waals surface area contributed by atoms with E-state index in [9.17, 15) is 4.79 Å². The second-order valence-electron chi connectivity index (χ2n) is 5.37. The minimum absolute atomic E-state index is 0.439. The van der Waals surface area contributed by atoms with Gasteiger partial charge in [0.2, 0.25) is 0 Å². The van der Waals surface area contributed by atoms with E-state index >= 15 is 0 Å². The zero-order chi connectivity index (χ0) is 12.5. The maximum absolute atomic E-state index is 11.4. The molecular weight excluding hydrogens is 224 g/mol. The number of hydrogen-bond donors (Lipinski definition) is 0. The predicted molar refractivity (Wildman–Crippen MR) is 74.3 cm³/mol. The van der Waals surface area contributed by atoms with Gasteiger partial charge in [-0.25, -0.2) is 0 Å². The minimum Gasteiger partial charge on any atom is -0.371 e. The molecule has 0 bridgehead atoms. The fourth-order valence-corrected chi connectivity index (χ4v) is 3.14. The van der Waals surface area contributed by atoms with E-state index in [1.54, 1.807) is 0 Å². The van der Waals surface area contributed by atoms with Gasteiger partial charge in [0.1, 0.15) is 5.78 Å². The molecule has 0 spiro atoms. The number of benzene rings is 1. The van der Waals surface area contributed by atoms with Crippen LogP contribution in [0.3, 0.4) is 0 Å². The average molecular weight is 244 g/mol. The molecule has 3 rings (SSSR count). The van der Waals surface area contributed by atoms with Gasteiger partial charge in [0, 0.05) is 39.0 Å². The van der Waals surface area contributed by atoms with Crippen LogP contribution in [0.5, 0.6) is 0 Å². The van der Waals surface area contributed by atoms with Crippen LogP contribution in [0.25, 0.3) is 0 Å². The molecular formula is C15H20N2O. The van der Waals surface area contributed by atoms with Crippen molar-refractivity contribution in [3.63, 3.8) is 0 Å². The highest BCUT2D eigenvalue weighted by molar-refractivity contribution is 5.80. The van der Waals surface area contributed by atoms with Gasteiger partial charge in [0.15, 0.2) is 0 Å². The van der Waals surface area contributed by atoms with Crippen LogP contribution in [0.15, 0.2) is 24.3 Å². The monoisotopic (exact) mass is 244 g/mol. The minimum atomic E-state index is 0.439. The Bertz CT molecular complexity index is 448. The van der Waals surface area contributed by atoms with Crippen LogP contribution in [0.4, 0.5) is 11.4 Å². The summed E-state index contributed by atoms with van der Waals surface area (Å²) < 4.78 is 0. The van der Waals surface area contributed by atoms with Crippen LogP contribution >= 0.6 is 0 Å². The van der Waals surface area contributed by atoms with Crippen molar-refractivity contribution >= 4 is 17.2 Å². The summed E-state index contributed by atoms with van der Waals surface area (Å²) in [6, 6.07) is 9.16. The second-order valence-corrected chi connectivity index (χ2v) is 5.37. The van der Waals surface area contributed by atoms with Gasteiger partial charge in [-0.15, -0.1) is 0 Å². The number of Topliss-reactive ketones (excluding diaryl/α,β-unsaturated/α-hetero) is 1. The molecule has 1 fully saturated rings. The fraction of sp³-hybridized carbons (Fsp3) is 0.533. The first-order valence-electron chi connectivity index (χ1n) is 6.84. The highest BCUT2D eigenvalue weighted by Crippen LogP contribution is 2.35. The highest BCUT2D eigenvalue weighted by Gasteiger charge is 2.28. The van der Waals surface area contributed by atoms with E-state index in [0.29, 0.717) is 11.8 Å². The summed E-state index contributed by atoms with van der Waals surface area (Å²) in [6.07, 6.45) is 3.58. The predicted octanol–water partition coefficient (Wildman–Crippen LogP) is 2.45. The summed E-state index contributed by atoms with van der Waals surface area (Å²) in [7, 11) is 2.15. The van der Waals surface area contributed by atoms with E-state index in [1.807, 2.05) is 0 Å². The molecule has 1 aromatic rings. The zero-order valence-electron chi connectivity index (χ0n) is 10.9. The number of nitrogens with zero attached hydrogens (tertiary/aromatic N) is 2. The van der Waals surface area contributed by atoms with E-state index < -0.39 is 0 Å². The lowest BCUT2D eigenvalue weighted by Gasteiger charge is -2.42. The Morgan fingerprint density at radius 1 is 1.06 bits per heavy atom. The second kappa shape index (κ2) is 4.63. The Hall–Kier alpha value is -1.51.